The van der Waals surface area contributed by atoms with Crippen LogP contribution in [0.3, 0.4) is 0 Å². The van der Waals surface area contributed by atoms with E-state index in [9.17, 15) is 0 Å². The van der Waals surface area contributed by atoms with Gasteiger partial charge in [-0.3, -0.25) is 0 Å². The molecule has 3 N–H and O–H groups in total. The predicted molar refractivity (Wildman–Crippen MR) is 107 cm³/mol. The van der Waals surface area contributed by atoms with Gasteiger partial charge in [0.05, 0.1) is 12.3 Å². The Bertz CT molecular complexity index is 906. The molecule has 5 rings (SSSR count). The van der Waals surface area contributed by atoms with E-state index in [1.54, 1.807) is 0 Å². The normalized spacial score (nSPS) is 25.3. The smallest absolute Gasteiger partial charge is 0.229 e. The highest BCUT2D eigenvalue weighted by atomic mass is 19.1. The number of rotatable bonds is 4. The fourth-order valence-electron chi connectivity index (χ4n) is 5.07. The molecular weight excluding hydrogens is 357 g/mol. The van der Waals surface area contributed by atoms with Crippen LogP contribution in [-0.2, 0) is 6.42 Å². The molecule has 0 radical (unpaired) electrons. The zero-order valence-electron chi connectivity index (χ0n) is 16.3. The van der Waals surface area contributed by atoms with Crippen molar-refractivity contribution in [3.05, 3.63) is 34.8 Å². The van der Waals surface area contributed by atoms with Crippen LogP contribution in [0.4, 0.5) is 21.8 Å². The second-order valence-electron chi connectivity index (χ2n) is 8.18. The monoisotopic (exact) mass is 383 g/mol. The first kappa shape index (κ1) is 17.7. The summed E-state index contributed by atoms with van der Waals surface area (Å²) < 4.78 is 21.6. The van der Waals surface area contributed by atoms with Gasteiger partial charge in [-0.15, -0.1) is 0 Å². The molecule has 3 heterocycles. The minimum atomic E-state index is -0.213. The standard InChI is InChI=1S/C21H26FN5O/c1-11-5-17(23-2)27-21(25-11)26-16-8-12-3-4-28-20(12)18(19(16)22)13-6-14-9-24-10-15(14)7-13/h5,8,13-15,24H,3-4,6-7,9-10H2,1-2H3,(H2,23,25,26,27)/t13?,14-,15?/m1/s1. The first-order valence-electron chi connectivity index (χ1n) is 10.1. The molecule has 1 saturated heterocycles. The number of ether oxygens (including phenoxy) is 1. The number of nitrogens with one attached hydrogen (secondary N) is 3. The van der Waals surface area contributed by atoms with Gasteiger partial charge in [-0.2, -0.15) is 4.98 Å². The number of fused-ring (bicyclic) bond motifs is 2. The van der Waals surface area contributed by atoms with Crippen molar-refractivity contribution < 1.29 is 9.13 Å². The summed E-state index contributed by atoms with van der Waals surface area (Å²) in [7, 11) is 1.81. The Morgan fingerprint density at radius 3 is 2.71 bits per heavy atom. The lowest BCUT2D eigenvalue weighted by Crippen LogP contribution is -2.13. The number of anilines is 3. The van der Waals surface area contributed by atoms with Crippen molar-refractivity contribution in [3.8, 4) is 5.75 Å². The van der Waals surface area contributed by atoms with Gasteiger partial charge in [0, 0.05) is 36.4 Å². The number of halogens is 1. The van der Waals surface area contributed by atoms with Gasteiger partial charge >= 0.3 is 0 Å². The summed E-state index contributed by atoms with van der Waals surface area (Å²) in [4.78, 5) is 8.83. The molecule has 2 aromatic rings. The lowest BCUT2D eigenvalue weighted by atomic mass is 9.91. The van der Waals surface area contributed by atoms with E-state index in [1.165, 1.54) is 0 Å². The topological polar surface area (TPSA) is 71.1 Å². The van der Waals surface area contributed by atoms with Crippen LogP contribution >= 0.6 is 0 Å². The van der Waals surface area contributed by atoms with Crippen LogP contribution in [0.25, 0.3) is 0 Å². The number of aromatic nitrogens is 2. The molecule has 1 aliphatic carbocycles. The van der Waals surface area contributed by atoms with Gasteiger partial charge in [-0.25, -0.2) is 9.37 Å². The molecular formula is C21H26FN5O. The van der Waals surface area contributed by atoms with Crippen molar-refractivity contribution in [1.82, 2.24) is 15.3 Å². The molecule has 148 valence electrons. The van der Waals surface area contributed by atoms with E-state index >= 15 is 4.39 Å². The molecule has 0 spiro atoms. The summed E-state index contributed by atoms with van der Waals surface area (Å²) in [6.45, 7) is 4.62. The van der Waals surface area contributed by atoms with E-state index in [0.29, 0.717) is 35.9 Å². The summed E-state index contributed by atoms with van der Waals surface area (Å²) in [5, 5.41) is 9.61. The third-order valence-corrected chi connectivity index (χ3v) is 6.36. The van der Waals surface area contributed by atoms with Crippen molar-refractivity contribution >= 4 is 17.5 Å². The fraction of sp³-hybridized carbons (Fsp3) is 0.524. The van der Waals surface area contributed by atoms with Gasteiger partial charge in [0.1, 0.15) is 11.6 Å². The van der Waals surface area contributed by atoms with E-state index < -0.39 is 0 Å². The Morgan fingerprint density at radius 1 is 1.18 bits per heavy atom. The summed E-state index contributed by atoms with van der Waals surface area (Å²) in [6.07, 6.45) is 2.87. The molecule has 0 bridgehead atoms. The number of hydrogen-bond donors (Lipinski definition) is 3. The van der Waals surface area contributed by atoms with E-state index in [4.69, 9.17) is 4.74 Å². The minimum Gasteiger partial charge on any atom is -0.493 e. The Morgan fingerprint density at radius 2 is 1.96 bits per heavy atom. The van der Waals surface area contributed by atoms with Crippen LogP contribution < -0.4 is 20.7 Å². The van der Waals surface area contributed by atoms with Crippen molar-refractivity contribution in [3.63, 3.8) is 0 Å². The fourth-order valence-corrected chi connectivity index (χ4v) is 5.07. The van der Waals surface area contributed by atoms with Gasteiger partial charge in [0.15, 0.2) is 5.82 Å². The summed E-state index contributed by atoms with van der Waals surface area (Å²) in [5.41, 5.74) is 3.11. The van der Waals surface area contributed by atoms with Gasteiger partial charge < -0.3 is 20.7 Å². The van der Waals surface area contributed by atoms with Gasteiger partial charge in [-0.1, -0.05) is 0 Å². The maximum Gasteiger partial charge on any atom is 0.229 e. The van der Waals surface area contributed by atoms with Gasteiger partial charge in [0.25, 0.3) is 0 Å². The van der Waals surface area contributed by atoms with E-state index in [-0.39, 0.29) is 11.7 Å². The quantitative estimate of drug-likeness (QED) is 0.752. The van der Waals surface area contributed by atoms with Crippen molar-refractivity contribution in [2.75, 3.05) is 37.4 Å². The maximum atomic E-state index is 15.7. The second kappa shape index (κ2) is 6.88. The molecule has 1 aromatic carbocycles. The highest BCUT2D eigenvalue weighted by Gasteiger charge is 2.41. The molecule has 2 unspecified atom stereocenters. The Balaban J connectivity index is 1.52. The third kappa shape index (κ3) is 2.98. The van der Waals surface area contributed by atoms with E-state index in [2.05, 4.69) is 25.9 Å². The Kier molecular flexibility index (Phi) is 4.34. The lowest BCUT2D eigenvalue weighted by molar-refractivity contribution is 0.347. The molecule has 3 atom stereocenters. The first-order chi connectivity index (χ1) is 13.6. The number of hydrogen-bond acceptors (Lipinski definition) is 6. The molecule has 1 saturated carbocycles. The number of aryl methyl sites for hydroxylation is 1. The molecule has 7 heteroatoms. The van der Waals surface area contributed by atoms with E-state index in [1.807, 2.05) is 26.1 Å². The molecule has 6 nitrogen and oxygen atoms in total. The van der Waals surface area contributed by atoms with Crippen molar-refractivity contribution in [2.24, 2.45) is 11.8 Å². The summed E-state index contributed by atoms with van der Waals surface area (Å²) in [6, 6.07) is 3.72. The zero-order chi connectivity index (χ0) is 19.3. The highest BCUT2D eigenvalue weighted by molar-refractivity contribution is 5.64. The third-order valence-electron chi connectivity index (χ3n) is 6.36. The molecule has 2 aliphatic heterocycles. The van der Waals surface area contributed by atoms with Crippen molar-refractivity contribution in [2.45, 2.75) is 32.1 Å². The maximum absolute atomic E-state index is 15.7. The molecule has 0 amide bonds. The van der Waals surface area contributed by atoms with E-state index in [0.717, 1.165) is 54.9 Å². The zero-order valence-corrected chi connectivity index (χ0v) is 16.3. The van der Waals surface area contributed by atoms with Crippen LogP contribution in [0.5, 0.6) is 5.75 Å². The van der Waals surface area contributed by atoms with Gasteiger partial charge in [0.2, 0.25) is 5.95 Å². The average molecular weight is 383 g/mol. The first-order valence-corrected chi connectivity index (χ1v) is 10.1. The molecule has 1 aromatic heterocycles. The molecule has 2 fully saturated rings. The molecule has 3 aliphatic rings. The highest BCUT2D eigenvalue weighted by Crippen LogP contribution is 2.50. The largest absolute Gasteiger partial charge is 0.493 e. The Hall–Kier alpha value is -2.41. The van der Waals surface area contributed by atoms with Crippen LogP contribution in [-0.4, -0.2) is 36.7 Å². The average Bonchev–Trinajstić information content (AvgIpc) is 3.37. The Labute approximate surface area is 164 Å². The van der Waals surface area contributed by atoms with Crippen molar-refractivity contribution in [1.29, 1.82) is 0 Å². The number of nitrogens with zero attached hydrogens (tertiary/aromatic N) is 2. The van der Waals surface area contributed by atoms with Gasteiger partial charge in [-0.05, 0) is 56.7 Å². The number of benzene rings is 1. The van der Waals surface area contributed by atoms with Crippen LogP contribution in [0.15, 0.2) is 12.1 Å². The second-order valence-corrected chi connectivity index (χ2v) is 8.18. The molecule has 28 heavy (non-hydrogen) atoms. The van der Waals surface area contributed by atoms with Crippen LogP contribution in [0, 0.1) is 24.6 Å². The minimum absolute atomic E-state index is 0.213. The summed E-state index contributed by atoms with van der Waals surface area (Å²) >= 11 is 0. The SMILES string of the molecule is CNc1cc(C)nc(Nc2cc3c(c(C4CC5CNC[C@H]5C4)c2F)OCC3)n1. The van der Waals surface area contributed by atoms with Crippen LogP contribution in [0.1, 0.15) is 35.6 Å². The lowest BCUT2D eigenvalue weighted by Gasteiger charge is -2.19. The summed E-state index contributed by atoms with van der Waals surface area (Å²) in [5.74, 6) is 3.19. The van der Waals surface area contributed by atoms with Crippen LogP contribution in [0.2, 0.25) is 0 Å². The predicted octanol–water partition coefficient (Wildman–Crippen LogP) is 3.36.